The van der Waals surface area contributed by atoms with Gasteiger partial charge in [0.25, 0.3) is 5.91 Å². The highest BCUT2D eigenvalue weighted by Gasteiger charge is 2.23. The van der Waals surface area contributed by atoms with Crippen molar-refractivity contribution in [3.8, 4) is 0 Å². The van der Waals surface area contributed by atoms with E-state index < -0.39 is 0 Å². The average molecular weight is 413 g/mol. The van der Waals surface area contributed by atoms with Crippen molar-refractivity contribution in [1.82, 2.24) is 9.78 Å². The fourth-order valence-corrected chi connectivity index (χ4v) is 4.28. The second-order valence-electron chi connectivity index (χ2n) is 6.15. The average Bonchev–Trinajstić information content (AvgIpc) is 3.18. The minimum absolute atomic E-state index is 0.310. The molecule has 0 N–H and O–H groups in total. The lowest BCUT2D eigenvalue weighted by molar-refractivity contribution is 0.0946. The van der Waals surface area contributed by atoms with Crippen molar-refractivity contribution in [2.24, 2.45) is 10.2 Å². The summed E-state index contributed by atoms with van der Waals surface area (Å²) in [6, 6.07) is 13.3. The molecule has 0 fully saturated rings. The SMILES string of the molecule is Cc1nn(C(=O)c2sc3ccccc3c2Cl)c(C)c1N=Nc1ccc(F)cc1. The van der Waals surface area contributed by atoms with Crippen molar-refractivity contribution in [2.75, 3.05) is 0 Å². The van der Waals surface area contributed by atoms with E-state index in [1.165, 1.54) is 40.3 Å². The number of hydrogen-bond acceptors (Lipinski definition) is 5. The summed E-state index contributed by atoms with van der Waals surface area (Å²) in [6.07, 6.45) is 0. The fourth-order valence-electron chi connectivity index (χ4n) is 2.84. The summed E-state index contributed by atoms with van der Waals surface area (Å²) in [5, 5.41) is 13.9. The normalized spacial score (nSPS) is 11.6. The summed E-state index contributed by atoms with van der Waals surface area (Å²) in [4.78, 5) is 13.5. The second-order valence-corrected chi connectivity index (χ2v) is 7.58. The Bertz CT molecular complexity index is 1230. The zero-order valence-corrected chi connectivity index (χ0v) is 16.6. The van der Waals surface area contributed by atoms with E-state index in [4.69, 9.17) is 11.6 Å². The summed E-state index contributed by atoms with van der Waals surface area (Å²) < 4.78 is 15.2. The van der Waals surface area contributed by atoms with Crippen LogP contribution in [-0.2, 0) is 0 Å². The minimum Gasteiger partial charge on any atom is -0.266 e. The fraction of sp³-hybridized carbons (Fsp3) is 0.100. The molecule has 0 saturated carbocycles. The zero-order chi connectivity index (χ0) is 19.8. The summed E-state index contributed by atoms with van der Waals surface area (Å²) in [5.74, 6) is -0.653. The molecule has 0 radical (unpaired) electrons. The number of benzene rings is 2. The number of thiophene rings is 1. The van der Waals surface area contributed by atoms with E-state index in [9.17, 15) is 9.18 Å². The molecule has 5 nitrogen and oxygen atoms in total. The number of aryl methyl sites for hydroxylation is 1. The van der Waals surface area contributed by atoms with E-state index in [2.05, 4.69) is 15.3 Å². The van der Waals surface area contributed by atoms with Crippen molar-refractivity contribution < 1.29 is 9.18 Å². The van der Waals surface area contributed by atoms with Gasteiger partial charge < -0.3 is 0 Å². The number of carbonyl (C=O) groups is 1. The number of rotatable bonds is 3. The summed E-state index contributed by atoms with van der Waals surface area (Å²) in [6.45, 7) is 3.50. The first-order chi connectivity index (χ1) is 13.5. The highest BCUT2D eigenvalue weighted by Crippen LogP contribution is 2.36. The van der Waals surface area contributed by atoms with Gasteiger partial charge in [-0.25, -0.2) is 4.39 Å². The van der Waals surface area contributed by atoms with Gasteiger partial charge in [-0.15, -0.1) is 16.5 Å². The first-order valence-corrected chi connectivity index (χ1v) is 9.60. The molecule has 0 unspecified atom stereocenters. The Morgan fingerprint density at radius 1 is 1.11 bits per heavy atom. The van der Waals surface area contributed by atoms with Crippen LogP contribution in [0, 0.1) is 19.7 Å². The maximum absolute atomic E-state index is 13.0. The van der Waals surface area contributed by atoms with Crippen LogP contribution < -0.4 is 0 Å². The molecule has 28 heavy (non-hydrogen) atoms. The third-order valence-electron chi connectivity index (χ3n) is 4.27. The number of fused-ring (bicyclic) bond motifs is 1. The molecule has 0 saturated heterocycles. The Balaban J connectivity index is 1.71. The van der Waals surface area contributed by atoms with E-state index >= 15 is 0 Å². The van der Waals surface area contributed by atoms with Crippen LogP contribution in [0.3, 0.4) is 0 Å². The van der Waals surface area contributed by atoms with E-state index in [0.29, 0.717) is 32.7 Å². The first kappa shape index (κ1) is 18.5. The van der Waals surface area contributed by atoms with Crippen LogP contribution in [0.25, 0.3) is 10.1 Å². The topological polar surface area (TPSA) is 59.6 Å². The summed E-state index contributed by atoms with van der Waals surface area (Å²) in [7, 11) is 0. The van der Waals surface area contributed by atoms with Crippen molar-refractivity contribution in [1.29, 1.82) is 0 Å². The van der Waals surface area contributed by atoms with Gasteiger partial charge in [0.1, 0.15) is 16.4 Å². The van der Waals surface area contributed by atoms with Gasteiger partial charge in [-0.3, -0.25) is 4.79 Å². The minimum atomic E-state index is -0.343. The number of azo groups is 1. The summed E-state index contributed by atoms with van der Waals surface area (Å²) in [5.41, 5.74) is 2.12. The van der Waals surface area contributed by atoms with Crippen molar-refractivity contribution in [3.63, 3.8) is 0 Å². The van der Waals surface area contributed by atoms with Gasteiger partial charge >= 0.3 is 0 Å². The summed E-state index contributed by atoms with van der Waals surface area (Å²) >= 11 is 7.76. The molecule has 0 aliphatic carbocycles. The van der Waals surface area contributed by atoms with Gasteiger partial charge in [-0.1, -0.05) is 29.8 Å². The largest absolute Gasteiger partial charge is 0.290 e. The Morgan fingerprint density at radius 3 is 2.54 bits per heavy atom. The maximum Gasteiger partial charge on any atom is 0.290 e. The lowest BCUT2D eigenvalue weighted by Gasteiger charge is -2.01. The van der Waals surface area contributed by atoms with Crippen LogP contribution in [-0.4, -0.2) is 15.7 Å². The van der Waals surface area contributed by atoms with Crippen molar-refractivity contribution >= 4 is 50.3 Å². The standard InChI is InChI=1S/C20H14ClFN4OS/c1-11-18(24-23-14-9-7-13(22)8-10-14)12(2)26(25-11)20(27)19-17(21)15-5-3-4-6-16(15)28-19/h3-10H,1-2H3. The highest BCUT2D eigenvalue weighted by atomic mass is 35.5. The number of carbonyl (C=O) groups excluding carboxylic acids is 1. The van der Waals surface area contributed by atoms with Crippen LogP contribution in [0.1, 0.15) is 21.1 Å². The third kappa shape index (κ3) is 3.23. The van der Waals surface area contributed by atoms with Crippen molar-refractivity contribution in [3.05, 3.63) is 75.6 Å². The molecule has 0 aliphatic heterocycles. The monoisotopic (exact) mass is 412 g/mol. The van der Waals surface area contributed by atoms with E-state index in [1.54, 1.807) is 13.8 Å². The Morgan fingerprint density at radius 2 is 1.82 bits per heavy atom. The van der Waals surface area contributed by atoms with Crippen LogP contribution in [0.2, 0.25) is 5.02 Å². The molecule has 0 aliphatic rings. The molecule has 0 spiro atoms. The Kier molecular flexibility index (Phi) is 4.78. The molecule has 4 aromatic rings. The van der Waals surface area contributed by atoms with E-state index in [-0.39, 0.29) is 11.7 Å². The van der Waals surface area contributed by atoms with Crippen LogP contribution in [0.4, 0.5) is 15.8 Å². The molecule has 0 bridgehead atoms. The molecule has 4 rings (SSSR count). The molecular formula is C20H14ClFN4OS. The predicted octanol–water partition coefficient (Wildman–Crippen LogP) is 6.61. The number of hydrogen-bond donors (Lipinski definition) is 0. The van der Waals surface area contributed by atoms with Gasteiger partial charge in [0.2, 0.25) is 0 Å². The Labute approximate surface area is 169 Å². The van der Waals surface area contributed by atoms with Gasteiger partial charge in [0.05, 0.1) is 22.1 Å². The first-order valence-electron chi connectivity index (χ1n) is 8.41. The zero-order valence-electron chi connectivity index (χ0n) is 15.0. The maximum atomic E-state index is 13.0. The van der Waals surface area contributed by atoms with Crippen LogP contribution in [0.5, 0.6) is 0 Å². The Hall–Kier alpha value is -2.90. The van der Waals surface area contributed by atoms with Crippen LogP contribution in [0.15, 0.2) is 58.8 Å². The predicted molar refractivity (Wildman–Crippen MR) is 109 cm³/mol. The number of halogens is 2. The number of nitrogens with zero attached hydrogens (tertiary/aromatic N) is 4. The van der Waals surface area contributed by atoms with Gasteiger partial charge in [-0.05, 0) is 44.2 Å². The van der Waals surface area contributed by atoms with Crippen molar-refractivity contribution in [2.45, 2.75) is 13.8 Å². The van der Waals surface area contributed by atoms with Crippen LogP contribution >= 0.6 is 22.9 Å². The lowest BCUT2D eigenvalue weighted by atomic mass is 10.2. The highest BCUT2D eigenvalue weighted by molar-refractivity contribution is 7.21. The molecule has 2 aromatic heterocycles. The van der Waals surface area contributed by atoms with E-state index in [0.717, 1.165) is 10.1 Å². The lowest BCUT2D eigenvalue weighted by Crippen LogP contribution is -2.14. The van der Waals surface area contributed by atoms with Gasteiger partial charge in [-0.2, -0.15) is 14.9 Å². The molecule has 140 valence electrons. The second kappa shape index (κ2) is 7.26. The van der Waals surface area contributed by atoms with E-state index in [1.807, 2.05) is 24.3 Å². The molecule has 2 heterocycles. The van der Waals surface area contributed by atoms with Gasteiger partial charge in [0.15, 0.2) is 0 Å². The molecule has 0 atom stereocenters. The molecular weight excluding hydrogens is 399 g/mol. The molecule has 8 heteroatoms. The molecule has 0 amide bonds. The smallest absolute Gasteiger partial charge is 0.266 e. The third-order valence-corrected chi connectivity index (χ3v) is 5.93. The quantitative estimate of drug-likeness (QED) is 0.355. The number of aromatic nitrogens is 2. The molecule has 2 aromatic carbocycles. The van der Waals surface area contributed by atoms with Gasteiger partial charge in [0, 0.05) is 10.1 Å².